The van der Waals surface area contributed by atoms with Gasteiger partial charge < -0.3 is 0 Å². The highest BCUT2D eigenvalue weighted by Crippen LogP contribution is 2.14. The van der Waals surface area contributed by atoms with Gasteiger partial charge in [-0.15, -0.1) is 6.58 Å². The van der Waals surface area contributed by atoms with Gasteiger partial charge in [0, 0.05) is 12.0 Å². The van der Waals surface area contributed by atoms with Crippen molar-refractivity contribution in [3.05, 3.63) is 47.5 Å². The van der Waals surface area contributed by atoms with Crippen molar-refractivity contribution < 1.29 is 4.79 Å². The molecule has 1 rings (SSSR count). The van der Waals surface area contributed by atoms with E-state index in [0.717, 1.165) is 29.5 Å². The van der Waals surface area contributed by atoms with Crippen LogP contribution in [0, 0.1) is 13.8 Å². The summed E-state index contributed by atoms with van der Waals surface area (Å²) in [6.45, 7) is 7.65. The van der Waals surface area contributed by atoms with E-state index in [1.54, 1.807) is 0 Å². The highest BCUT2D eigenvalue weighted by atomic mass is 16.1. The molecular weight excluding hydrogens is 184 g/mol. The second kappa shape index (κ2) is 5.50. The number of ketones is 1. The first kappa shape index (κ1) is 11.7. The van der Waals surface area contributed by atoms with E-state index in [-0.39, 0.29) is 5.78 Å². The van der Waals surface area contributed by atoms with E-state index < -0.39 is 0 Å². The normalized spacial score (nSPS) is 10.0. The van der Waals surface area contributed by atoms with Crippen molar-refractivity contribution in [3.8, 4) is 0 Å². The lowest BCUT2D eigenvalue weighted by Crippen LogP contribution is -2.01. The van der Waals surface area contributed by atoms with Crippen molar-refractivity contribution in [2.24, 2.45) is 0 Å². The molecule has 0 fully saturated rings. The van der Waals surface area contributed by atoms with Crippen molar-refractivity contribution >= 4 is 5.78 Å². The molecule has 0 bridgehead atoms. The van der Waals surface area contributed by atoms with Crippen LogP contribution in [0.1, 0.15) is 40.7 Å². The molecule has 0 aliphatic carbocycles. The Bertz CT molecular complexity index is 364. The van der Waals surface area contributed by atoms with Gasteiger partial charge in [0.15, 0.2) is 5.78 Å². The zero-order valence-electron chi connectivity index (χ0n) is 9.55. The summed E-state index contributed by atoms with van der Waals surface area (Å²) in [5, 5.41) is 0. The molecular formula is C14H18O. The first-order valence-electron chi connectivity index (χ1n) is 5.36. The number of hydrogen-bond acceptors (Lipinski definition) is 1. The van der Waals surface area contributed by atoms with Crippen LogP contribution in [0.15, 0.2) is 30.9 Å². The number of carbonyl (C=O) groups excluding carboxylic acids is 1. The van der Waals surface area contributed by atoms with E-state index in [0.29, 0.717) is 6.42 Å². The van der Waals surface area contributed by atoms with E-state index in [4.69, 9.17) is 0 Å². The van der Waals surface area contributed by atoms with Gasteiger partial charge in [-0.2, -0.15) is 0 Å². The molecule has 0 spiro atoms. The van der Waals surface area contributed by atoms with Gasteiger partial charge in [0.2, 0.25) is 0 Å². The van der Waals surface area contributed by atoms with E-state index in [2.05, 4.69) is 6.58 Å². The minimum absolute atomic E-state index is 0.248. The molecule has 0 aromatic heterocycles. The van der Waals surface area contributed by atoms with Gasteiger partial charge in [-0.25, -0.2) is 0 Å². The summed E-state index contributed by atoms with van der Waals surface area (Å²) >= 11 is 0. The summed E-state index contributed by atoms with van der Waals surface area (Å²) in [6, 6.07) is 6.03. The number of rotatable bonds is 5. The van der Waals surface area contributed by atoms with Gasteiger partial charge in [0.1, 0.15) is 0 Å². The Morgan fingerprint density at radius 1 is 1.40 bits per heavy atom. The molecule has 0 aliphatic heterocycles. The van der Waals surface area contributed by atoms with Gasteiger partial charge in [0.05, 0.1) is 0 Å². The third kappa shape index (κ3) is 3.35. The van der Waals surface area contributed by atoms with Crippen LogP contribution < -0.4 is 0 Å². The molecule has 0 heterocycles. The fraction of sp³-hybridized carbons (Fsp3) is 0.357. The van der Waals surface area contributed by atoms with Crippen LogP contribution in [0.4, 0.5) is 0 Å². The molecule has 1 aromatic carbocycles. The molecule has 80 valence electrons. The molecule has 0 saturated carbocycles. The van der Waals surface area contributed by atoms with Crippen LogP contribution in [0.25, 0.3) is 0 Å². The van der Waals surface area contributed by atoms with Crippen molar-refractivity contribution in [3.63, 3.8) is 0 Å². The molecule has 1 aromatic rings. The number of aryl methyl sites for hydroxylation is 2. The van der Waals surface area contributed by atoms with Crippen LogP contribution in [0.2, 0.25) is 0 Å². The Morgan fingerprint density at radius 3 is 2.80 bits per heavy atom. The van der Waals surface area contributed by atoms with Crippen LogP contribution in [0.3, 0.4) is 0 Å². The van der Waals surface area contributed by atoms with Gasteiger partial charge in [0.25, 0.3) is 0 Å². The molecule has 0 saturated heterocycles. The Kier molecular flexibility index (Phi) is 4.29. The molecule has 0 radical (unpaired) electrons. The molecule has 0 atom stereocenters. The molecule has 0 N–H and O–H groups in total. The Labute approximate surface area is 91.8 Å². The third-order valence-electron chi connectivity index (χ3n) is 2.51. The lowest BCUT2D eigenvalue weighted by atomic mass is 9.99. The second-order valence-electron chi connectivity index (χ2n) is 3.92. The highest BCUT2D eigenvalue weighted by molar-refractivity contribution is 5.97. The first-order valence-corrected chi connectivity index (χ1v) is 5.36. The van der Waals surface area contributed by atoms with Gasteiger partial charge in [-0.05, 0) is 38.3 Å². The predicted octanol–water partition coefficient (Wildman–Crippen LogP) is 3.84. The standard InChI is InChI=1S/C14H18O/c1-4-5-6-7-14(15)13-10-11(2)8-9-12(13)3/h4,8-10H,1,5-7H2,2-3H3. The number of unbranched alkanes of at least 4 members (excludes halogenated alkanes) is 1. The summed E-state index contributed by atoms with van der Waals surface area (Å²) in [4.78, 5) is 11.9. The highest BCUT2D eigenvalue weighted by Gasteiger charge is 2.08. The minimum atomic E-state index is 0.248. The maximum Gasteiger partial charge on any atom is 0.163 e. The number of benzene rings is 1. The Morgan fingerprint density at radius 2 is 2.13 bits per heavy atom. The van der Waals surface area contributed by atoms with E-state index in [9.17, 15) is 4.79 Å². The Hall–Kier alpha value is -1.37. The van der Waals surface area contributed by atoms with Crippen molar-refractivity contribution in [1.82, 2.24) is 0 Å². The van der Waals surface area contributed by atoms with E-state index >= 15 is 0 Å². The topological polar surface area (TPSA) is 17.1 Å². The minimum Gasteiger partial charge on any atom is -0.294 e. The molecule has 15 heavy (non-hydrogen) atoms. The van der Waals surface area contributed by atoms with Crippen LogP contribution in [-0.4, -0.2) is 5.78 Å². The van der Waals surface area contributed by atoms with Crippen molar-refractivity contribution in [1.29, 1.82) is 0 Å². The van der Waals surface area contributed by atoms with Gasteiger partial charge >= 0.3 is 0 Å². The summed E-state index contributed by atoms with van der Waals surface area (Å²) in [7, 11) is 0. The van der Waals surface area contributed by atoms with Crippen LogP contribution in [-0.2, 0) is 0 Å². The average Bonchev–Trinajstić information content (AvgIpc) is 2.22. The smallest absolute Gasteiger partial charge is 0.163 e. The summed E-state index contributed by atoms with van der Waals surface area (Å²) < 4.78 is 0. The fourth-order valence-corrected chi connectivity index (χ4v) is 1.58. The molecule has 0 unspecified atom stereocenters. The van der Waals surface area contributed by atoms with E-state index in [1.165, 1.54) is 0 Å². The number of carbonyl (C=O) groups is 1. The third-order valence-corrected chi connectivity index (χ3v) is 2.51. The molecule has 0 aliphatic rings. The zero-order valence-corrected chi connectivity index (χ0v) is 9.55. The van der Waals surface area contributed by atoms with Crippen molar-refractivity contribution in [2.45, 2.75) is 33.1 Å². The summed E-state index contributed by atoms with van der Waals surface area (Å²) in [6.07, 6.45) is 4.29. The van der Waals surface area contributed by atoms with E-state index in [1.807, 2.05) is 38.1 Å². The quantitative estimate of drug-likeness (QED) is 0.403. The number of Topliss-reactive ketones (excluding diaryl/α,β-unsaturated/α-hetero) is 1. The monoisotopic (exact) mass is 202 g/mol. The SMILES string of the molecule is C=CCCCC(=O)c1cc(C)ccc1C. The Balaban J connectivity index is 2.72. The number of allylic oxidation sites excluding steroid dienone is 1. The molecule has 1 heteroatoms. The lowest BCUT2D eigenvalue weighted by molar-refractivity contribution is 0.0980. The summed E-state index contributed by atoms with van der Waals surface area (Å²) in [5.41, 5.74) is 3.09. The second-order valence-corrected chi connectivity index (χ2v) is 3.92. The molecule has 1 nitrogen and oxygen atoms in total. The summed E-state index contributed by atoms with van der Waals surface area (Å²) in [5.74, 6) is 0.248. The maximum atomic E-state index is 11.9. The fourth-order valence-electron chi connectivity index (χ4n) is 1.58. The maximum absolute atomic E-state index is 11.9. The average molecular weight is 202 g/mol. The lowest BCUT2D eigenvalue weighted by Gasteiger charge is -2.05. The van der Waals surface area contributed by atoms with Crippen molar-refractivity contribution in [2.75, 3.05) is 0 Å². The van der Waals surface area contributed by atoms with Gasteiger partial charge in [-0.1, -0.05) is 23.8 Å². The zero-order chi connectivity index (χ0) is 11.3. The van der Waals surface area contributed by atoms with Crippen LogP contribution >= 0.6 is 0 Å². The predicted molar refractivity (Wildman–Crippen MR) is 64.3 cm³/mol. The van der Waals surface area contributed by atoms with Gasteiger partial charge in [-0.3, -0.25) is 4.79 Å². The molecule has 0 amide bonds. The first-order chi connectivity index (χ1) is 7.15. The number of hydrogen-bond donors (Lipinski definition) is 0. The van der Waals surface area contributed by atoms with Crippen LogP contribution in [0.5, 0.6) is 0 Å². The largest absolute Gasteiger partial charge is 0.294 e.